The maximum absolute atomic E-state index is 13.9. The minimum Gasteiger partial charge on any atom is -0.595 e. The number of quaternary nitrogens is 1. The Morgan fingerprint density at radius 1 is 1.08 bits per heavy atom. The van der Waals surface area contributed by atoms with E-state index >= 15 is 0 Å². The molecule has 1 heterocycles. The molecule has 0 amide bonds. The number of hydrogen-bond donors (Lipinski definition) is 2. The number of aromatic nitrogens is 2. The van der Waals surface area contributed by atoms with Gasteiger partial charge in [0.15, 0.2) is 11.4 Å². The summed E-state index contributed by atoms with van der Waals surface area (Å²) in [6, 6.07) is 17.6. The van der Waals surface area contributed by atoms with Gasteiger partial charge in [0.2, 0.25) is 9.84 Å². The lowest BCUT2D eigenvalue weighted by Crippen LogP contribution is -2.99. The molecule has 0 aliphatic rings. The summed E-state index contributed by atoms with van der Waals surface area (Å²) in [7, 11) is -4.32. The van der Waals surface area contributed by atoms with Gasteiger partial charge in [-0.15, -0.1) is 0 Å². The number of esters is 1. The Bertz CT molecular complexity index is 1520. The van der Waals surface area contributed by atoms with Crippen molar-refractivity contribution < 1.29 is 28.4 Å². The van der Waals surface area contributed by atoms with Crippen molar-refractivity contribution in [2.24, 2.45) is 0 Å². The summed E-state index contributed by atoms with van der Waals surface area (Å²) in [5, 5.41) is 24.4. The van der Waals surface area contributed by atoms with Crippen LogP contribution in [0.2, 0.25) is 10.0 Å². The molecule has 2 N–H and O–H groups in total. The van der Waals surface area contributed by atoms with Crippen molar-refractivity contribution in [1.82, 2.24) is 9.78 Å². The first-order valence-electron chi connectivity index (χ1n) is 10.5. The molecule has 36 heavy (non-hydrogen) atoms. The van der Waals surface area contributed by atoms with E-state index in [1.807, 2.05) is 0 Å². The van der Waals surface area contributed by atoms with Crippen LogP contribution >= 0.6 is 23.2 Å². The monoisotopic (exact) mass is 547 g/mol. The zero-order valence-electron chi connectivity index (χ0n) is 18.7. The second-order valence-electron chi connectivity index (χ2n) is 7.45. The lowest BCUT2D eigenvalue weighted by atomic mass is 10.1. The van der Waals surface area contributed by atoms with Crippen molar-refractivity contribution in [2.75, 3.05) is 6.61 Å². The number of halogens is 2. The predicted molar refractivity (Wildman–Crippen MR) is 133 cm³/mol. The minimum absolute atomic E-state index is 0.00284. The highest BCUT2D eigenvalue weighted by atomic mass is 35.5. The van der Waals surface area contributed by atoms with Gasteiger partial charge >= 0.3 is 5.97 Å². The largest absolute Gasteiger partial charge is 0.595 e. The highest BCUT2D eigenvalue weighted by Crippen LogP contribution is 2.38. The number of hydrogen-bond acceptors (Lipinski definition) is 7. The average Bonchev–Trinajstić information content (AvgIpc) is 3.26. The molecule has 0 radical (unpaired) electrons. The molecule has 0 aliphatic heterocycles. The molecule has 12 heteroatoms. The quantitative estimate of drug-likeness (QED) is 0.261. The van der Waals surface area contributed by atoms with Crippen molar-refractivity contribution >= 4 is 44.7 Å². The van der Waals surface area contributed by atoms with Crippen molar-refractivity contribution in [1.29, 1.82) is 0 Å². The van der Waals surface area contributed by atoms with Crippen LogP contribution in [-0.4, -0.2) is 36.0 Å². The first-order chi connectivity index (χ1) is 17.1. The third-order valence-corrected chi connectivity index (χ3v) is 7.53. The highest BCUT2D eigenvalue weighted by molar-refractivity contribution is 7.91. The van der Waals surface area contributed by atoms with E-state index in [-0.39, 0.29) is 39.2 Å². The number of nitrogens with one attached hydrogen (secondary N) is 1. The summed E-state index contributed by atoms with van der Waals surface area (Å²) < 4.78 is 34.2. The number of rotatable bonds is 7. The Balaban J connectivity index is 2.12. The van der Waals surface area contributed by atoms with Crippen LogP contribution in [0.3, 0.4) is 0 Å². The summed E-state index contributed by atoms with van der Waals surface area (Å²) in [6.07, 6.45) is 0. The van der Waals surface area contributed by atoms with Crippen LogP contribution in [0.5, 0.6) is 0 Å². The molecule has 0 fully saturated rings. The van der Waals surface area contributed by atoms with Gasteiger partial charge in [-0.25, -0.2) is 23.1 Å². The first-order valence-corrected chi connectivity index (χ1v) is 12.8. The number of benzene rings is 3. The number of carbonyl (C=O) groups excluding carboxylic acids is 1. The Hall–Kier alpha value is -3.25. The van der Waals surface area contributed by atoms with E-state index in [1.165, 1.54) is 59.3 Å². The van der Waals surface area contributed by atoms with E-state index in [4.69, 9.17) is 27.9 Å². The SMILES string of the molecule is CCOC(=O)c1nn(-c2ccc(Cl)cc2Cl)c(-c2ccc([NH+]([O-])O)cc2)c1S(=O)(=O)c1ccccc1. The summed E-state index contributed by atoms with van der Waals surface area (Å²) >= 11 is 12.5. The topological polar surface area (TPSA) is 126 Å². The molecule has 1 unspecified atom stereocenters. The van der Waals surface area contributed by atoms with Crippen LogP contribution in [0, 0.1) is 5.21 Å². The van der Waals surface area contributed by atoms with Gasteiger partial charge in [-0.1, -0.05) is 41.4 Å². The van der Waals surface area contributed by atoms with E-state index in [0.717, 1.165) is 0 Å². The maximum Gasteiger partial charge on any atom is 0.360 e. The van der Waals surface area contributed by atoms with Crippen LogP contribution in [0.4, 0.5) is 5.69 Å². The van der Waals surface area contributed by atoms with Crippen molar-refractivity contribution in [3.05, 3.63) is 93.7 Å². The van der Waals surface area contributed by atoms with E-state index in [9.17, 15) is 23.6 Å². The minimum atomic E-state index is -4.32. The number of sulfone groups is 1. The van der Waals surface area contributed by atoms with E-state index in [1.54, 1.807) is 25.1 Å². The normalized spacial score (nSPS) is 12.4. The lowest BCUT2D eigenvalue weighted by molar-refractivity contribution is -0.991. The lowest BCUT2D eigenvalue weighted by Gasteiger charge is -2.14. The Morgan fingerprint density at radius 3 is 2.33 bits per heavy atom. The molecule has 0 spiro atoms. The van der Waals surface area contributed by atoms with Crippen molar-refractivity contribution in [3.8, 4) is 16.9 Å². The molecule has 4 aromatic rings. The second kappa shape index (κ2) is 10.4. The molecular weight excluding hydrogens is 529 g/mol. The molecule has 9 nitrogen and oxygen atoms in total. The van der Waals surface area contributed by atoms with Gasteiger partial charge in [-0.05, 0) is 49.4 Å². The molecule has 186 valence electrons. The second-order valence-corrected chi connectivity index (χ2v) is 10.2. The van der Waals surface area contributed by atoms with Gasteiger partial charge < -0.3 is 9.94 Å². The van der Waals surface area contributed by atoms with Crippen molar-refractivity contribution in [2.45, 2.75) is 16.7 Å². The fraction of sp³-hybridized carbons (Fsp3) is 0.0833. The third kappa shape index (κ3) is 4.87. The number of ether oxygens (including phenoxy) is 1. The fourth-order valence-corrected chi connectivity index (χ4v) is 5.64. The number of carbonyl (C=O) groups is 1. The van der Waals surface area contributed by atoms with Crippen LogP contribution in [-0.2, 0) is 14.6 Å². The Labute approximate surface area is 216 Å². The summed E-state index contributed by atoms with van der Waals surface area (Å²) in [5.74, 6) is -0.945. The van der Waals surface area contributed by atoms with Gasteiger partial charge in [-0.3, -0.25) is 0 Å². The highest BCUT2D eigenvalue weighted by Gasteiger charge is 2.35. The molecule has 1 atom stereocenters. The van der Waals surface area contributed by atoms with E-state index < -0.39 is 31.6 Å². The summed E-state index contributed by atoms with van der Waals surface area (Å²) in [5.41, 5.74) is 0.0848. The fourth-order valence-electron chi connectivity index (χ4n) is 3.56. The van der Waals surface area contributed by atoms with Crippen LogP contribution in [0.1, 0.15) is 17.4 Å². The van der Waals surface area contributed by atoms with Crippen LogP contribution in [0.25, 0.3) is 16.9 Å². The van der Waals surface area contributed by atoms with Gasteiger partial charge in [0.25, 0.3) is 0 Å². The smallest absolute Gasteiger partial charge is 0.360 e. The molecule has 0 aliphatic carbocycles. The maximum atomic E-state index is 13.9. The summed E-state index contributed by atoms with van der Waals surface area (Å²) in [4.78, 5) is 12.5. The van der Waals surface area contributed by atoms with E-state index in [2.05, 4.69) is 5.10 Å². The zero-order valence-corrected chi connectivity index (χ0v) is 21.0. The predicted octanol–water partition coefficient (Wildman–Crippen LogP) is 4.26. The van der Waals surface area contributed by atoms with Crippen LogP contribution in [0.15, 0.2) is 82.6 Å². The molecule has 4 rings (SSSR count). The molecular formula is C24H19Cl2N3O6S. The van der Waals surface area contributed by atoms with Gasteiger partial charge in [0.1, 0.15) is 4.90 Å². The Kier molecular flexibility index (Phi) is 7.46. The average molecular weight is 548 g/mol. The standard InChI is InChI=1S/C24H19Cl2N3O6S/c1-2-35-24(30)21-23(36(33,34)18-6-4-3-5-7-18)22(15-8-11-17(12-9-15)29(31)32)28(27-21)20-13-10-16(25)14-19(20)26/h3-14,29,31H,2H2,1H3. The molecule has 0 saturated heterocycles. The molecule has 3 aromatic carbocycles. The Morgan fingerprint density at radius 2 is 1.75 bits per heavy atom. The molecule has 1 aromatic heterocycles. The van der Waals surface area contributed by atoms with Gasteiger partial charge in [0, 0.05) is 22.7 Å². The summed E-state index contributed by atoms with van der Waals surface area (Å²) in [6.45, 7) is 1.57. The zero-order chi connectivity index (χ0) is 26.0. The van der Waals surface area contributed by atoms with Crippen LogP contribution < -0.4 is 5.23 Å². The van der Waals surface area contributed by atoms with Crippen molar-refractivity contribution in [3.63, 3.8) is 0 Å². The van der Waals surface area contributed by atoms with Gasteiger partial charge in [-0.2, -0.15) is 10.3 Å². The van der Waals surface area contributed by atoms with E-state index in [0.29, 0.717) is 5.02 Å². The molecule has 0 bridgehead atoms. The first kappa shape index (κ1) is 25.8. The third-order valence-electron chi connectivity index (χ3n) is 5.18. The molecule has 0 saturated carbocycles. The number of nitrogens with zero attached hydrogens (tertiary/aromatic N) is 2. The van der Waals surface area contributed by atoms with Gasteiger partial charge in [0.05, 0.1) is 27.9 Å².